The third-order valence-corrected chi connectivity index (χ3v) is 4.97. The predicted octanol–water partition coefficient (Wildman–Crippen LogP) is 2.67. The van der Waals surface area contributed by atoms with Crippen molar-refractivity contribution in [1.82, 2.24) is 15.1 Å². The summed E-state index contributed by atoms with van der Waals surface area (Å²) in [6, 6.07) is 8.01. The molecule has 0 saturated heterocycles. The average Bonchev–Trinajstić information content (AvgIpc) is 3.32. The van der Waals surface area contributed by atoms with Crippen LogP contribution in [0.15, 0.2) is 24.3 Å². The Balaban J connectivity index is 1.53. The summed E-state index contributed by atoms with van der Waals surface area (Å²) in [6.45, 7) is 2.39. The van der Waals surface area contributed by atoms with E-state index in [1.165, 1.54) is 27.4 Å². The van der Waals surface area contributed by atoms with Crippen LogP contribution in [0.1, 0.15) is 29.0 Å². The van der Waals surface area contributed by atoms with E-state index < -0.39 is 6.10 Å². The molecule has 1 aliphatic carbocycles. The maximum atomic E-state index is 12.1. The summed E-state index contributed by atoms with van der Waals surface area (Å²) in [4.78, 5) is 13.6. The number of aliphatic hydroxyl groups is 1. The lowest BCUT2D eigenvalue weighted by Gasteiger charge is -2.20. The van der Waals surface area contributed by atoms with E-state index in [9.17, 15) is 9.90 Å². The van der Waals surface area contributed by atoms with E-state index in [2.05, 4.69) is 46.7 Å². The van der Waals surface area contributed by atoms with Crippen LogP contribution in [0.3, 0.4) is 0 Å². The number of hydrogen-bond donors (Lipinski definition) is 2. The Bertz CT molecular complexity index is 697. The minimum absolute atomic E-state index is 0.271. The zero-order valence-electron chi connectivity index (χ0n) is 13.9. The van der Waals surface area contributed by atoms with E-state index in [1.54, 1.807) is 7.05 Å². The number of nitrogens with one attached hydrogen (secondary N) is 1. The van der Waals surface area contributed by atoms with Crippen LogP contribution in [-0.4, -0.2) is 45.9 Å². The van der Waals surface area contributed by atoms with Gasteiger partial charge in [0.1, 0.15) is 5.01 Å². The molecule has 1 unspecified atom stereocenters. The smallest absolute Gasteiger partial charge is 0.323 e. The van der Waals surface area contributed by atoms with E-state index in [1.807, 2.05) is 0 Å². The number of aliphatic hydroxyl groups excluding tert-OH is 1. The molecule has 1 aromatic heterocycles. The first-order valence-electron chi connectivity index (χ1n) is 8.09. The lowest BCUT2D eigenvalue weighted by Crippen LogP contribution is -2.37. The van der Waals surface area contributed by atoms with Crippen LogP contribution in [0, 0.1) is 12.8 Å². The first-order chi connectivity index (χ1) is 11.5. The molecule has 6 nitrogen and oxygen atoms in total. The van der Waals surface area contributed by atoms with Crippen molar-refractivity contribution < 1.29 is 9.90 Å². The molecule has 2 N–H and O–H groups in total. The molecule has 1 aromatic carbocycles. The average molecular weight is 346 g/mol. The third-order valence-electron chi connectivity index (χ3n) is 4.13. The second kappa shape index (κ2) is 7.27. The number of anilines is 1. The van der Waals surface area contributed by atoms with Crippen LogP contribution in [0.5, 0.6) is 0 Å². The van der Waals surface area contributed by atoms with Gasteiger partial charge in [0.2, 0.25) is 5.13 Å². The Morgan fingerprint density at radius 3 is 2.75 bits per heavy atom. The molecule has 1 atom stereocenters. The van der Waals surface area contributed by atoms with Crippen LogP contribution in [-0.2, 0) is 6.42 Å². The zero-order chi connectivity index (χ0) is 17.1. The maximum Gasteiger partial charge on any atom is 0.323 e. The molecule has 3 rings (SSSR count). The Labute approximate surface area is 145 Å². The van der Waals surface area contributed by atoms with Crippen LogP contribution in [0.4, 0.5) is 9.93 Å². The molecule has 0 aliphatic heterocycles. The molecule has 24 heavy (non-hydrogen) atoms. The number of likely N-dealkylation sites (N-methyl/N-ethyl adjacent to an activating group) is 1. The molecule has 2 amide bonds. The first kappa shape index (κ1) is 16.9. The molecular formula is C17H22N4O2S. The molecule has 1 heterocycles. The fourth-order valence-corrected chi connectivity index (χ4v) is 3.20. The number of carbonyl (C=O) groups is 1. The first-order valence-corrected chi connectivity index (χ1v) is 8.91. The summed E-state index contributed by atoms with van der Waals surface area (Å²) < 4.78 is 0. The molecule has 7 heteroatoms. The summed E-state index contributed by atoms with van der Waals surface area (Å²) in [7, 11) is 1.68. The highest BCUT2D eigenvalue weighted by molar-refractivity contribution is 7.15. The van der Waals surface area contributed by atoms with Gasteiger partial charge in [-0.15, -0.1) is 10.2 Å². The van der Waals surface area contributed by atoms with Gasteiger partial charge in [-0.3, -0.25) is 5.32 Å². The predicted molar refractivity (Wildman–Crippen MR) is 94.3 cm³/mol. The second-order valence-corrected chi connectivity index (χ2v) is 7.44. The Kier molecular flexibility index (Phi) is 5.11. The number of nitrogens with zero attached hydrogens (tertiary/aromatic N) is 3. The standard InChI is InChI=1S/C17H22N4O2S/c1-11-3-5-12(6-4-11)9-15-19-20-16(24-15)18-17(23)21(2)10-14(22)13-7-8-13/h3-6,13-14,22H,7-10H2,1-2H3,(H,18,20,23). The molecular weight excluding hydrogens is 324 g/mol. The highest BCUT2D eigenvalue weighted by Crippen LogP contribution is 2.32. The fourth-order valence-electron chi connectivity index (χ4n) is 2.44. The van der Waals surface area contributed by atoms with Gasteiger partial charge in [0.25, 0.3) is 0 Å². The van der Waals surface area contributed by atoms with E-state index in [-0.39, 0.29) is 6.03 Å². The van der Waals surface area contributed by atoms with Crippen molar-refractivity contribution in [3.05, 3.63) is 40.4 Å². The van der Waals surface area contributed by atoms with E-state index in [4.69, 9.17) is 0 Å². The summed E-state index contributed by atoms with van der Waals surface area (Å²) in [6.07, 6.45) is 2.36. The normalized spacial score (nSPS) is 15.1. The van der Waals surface area contributed by atoms with Gasteiger partial charge in [-0.1, -0.05) is 41.2 Å². The molecule has 1 saturated carbocycles. The van der Waals surface area contributed by atoms with Crippen molar-refractivity contribution in [2.45, 2.75) is 32.3 Å². The summed E-state index contributed by atoms with van der Waals surface area (Å²) in [5, 5.41) is 22.2. The number of urea groups is 1. The van der Waals surface area contributed by atoms with Crippen LogP contribution in [0.2, 0.25) is 0 Å². The quantitative estimate of drug-likeness (QED) is 0.843. The van der Waals surface area contributed by atoms with Crippen molar-refractivity contribution in [3.8, 4) is 0 Å². The molecule has 0 bridgehead atoms. The summed E-state index contributed by atoms with van der Waals surface area (Å²) in [5.74, 6) is 0.350. The fraction of sp³-hybridized carbons (Fsp3) is 0.471. The number of aromatic nitrogens is 2. The van der Waals surface area contributed by atoms with Crippen molar-refractivity contribution >= 4 is 22.5 Å². The number of benzene rings is 1. The number of aryl methyl sites for hydroxylation is 1. The highest BCUT2D eigenvalue weighted by atomic mass is 32.1. The minimum Gasteiger partial charge on any atom is -0.391 e. The number of rotatable bonds is 6. The lowest BCUT2D eigenvalue weighted by molar-refractivity contribution is 0.117. The third kappa shape index (κ3) is 4.52. The van der Waals surface area contributed by atoms with Crippen molar-refractivity contribution in [1.29, 1.82) is 0 Å². The topological polar surface area (TPSA) is 78.4 Å². The Morgan fingerprint density at radius 1 is 1.38 bits per heavy atom. The minimum atomic E-state index is -0.438. The molecule has 2 aromatic rings. The molecule has 1 fully saturated rings. The SMILES string of the molecule is Cc1ccc(Cc2nnc(NC(=O)N(C)CC(O)C3CC3)s2)cc1. The van der Waals surface area contributed by atoms with Gasteiger partial charge in [-0.25, -0.2) is 4.79 Å². The van der Waals surface area contributed by atoms with Gasteiger partial charge >= 0.3 is 6.03 Å². The van der Waals surface area contributed by atoms with Gasteiger partial charge < -0.3 is 10.0 Å². The Morgan fingerprint density at radius 2 is 2.08 bits per heavy atom. The number of hydrogen-bond acceptors (Lipinski definition) is 5. The van der Waals surface area contributed by atoms with Gasteiger partial charge in [0, 0.05) is 20.0 Å². The van der Waals surface area contributed by atoms with E-state index in [0.29, 0.717) is 24.0 Å². The number of carbonyl (C=O) groups excluding carboxylic acids is 1. The van der Waals surface area contributed by atoms with Crippen LogP contribution >= 0.6 is 11.3 Å². The second-order valence-electron chi connectivity index (χ2n) is 6.38. The van der Waals surface area contributed by atoms with Gasteiger partial charge in [-0.2, -0.15) is 0 Å². The lowest BCUT2D eigenvalue weighted by atomic mass is 10.1. The molecule has 0 spiro atoms. The molecule has 128 valence electrons. The zero-order valence-corrected chi connectivity index (χ0v) is 14.7. The largest absolute Gasteiger partial charge is 0.391 e. The van der Waals surface area contributed by atoms with Crippen LogP contribution in [0.25, 0.3) is 0 Å². The van der Waals surface area contributed by atoms with Crippen molar-refractivity contribution in [2.24, 2.45) is 5.92 Å². The molecule has 0 radical (unpaired) electrons. The maximum absolute atomic E-state index is 12.1. The van der Waals surface area contributed by atoms with Gasteiger partial charge in [0.05, 0.1) is 6.10 Å². The van der Waals surface area contributed by atoms with E-state index in [0.717, 1.165) is 17.8 Å². The number of amides is 2. The van der Waals surface area contributed by atoms with Crippen molar-refractivity contribution in [2.75, 3.05) is 18.9 Å². The Hall–Kier alpha value is -1.99. The molecule has 1 aliphatic rings. The van der Waals surface area contributed by atoms with E-state index >= 15 is 0 Å². The van der Waals surface area contributed by atoms with Gasteiger partial charge in [-0.05, 0) is 31.2 Å². The monoisotopic (exact) mass is 346 g/mol. The van der Waals surface area contributed by atoms with Gasteiger partial charge in [0.15, 0.2) is 0 Å². The van der Waals surface area contributed by atoms with Crippen LogP contribution < -0.4 is 5.32 Å². The highest BCUT2D eigenvalue weighted by Gasteiger charge is 2.31. The van der Waals surface area contributed by atoms with Crippen molar-refractivity contribution in [3.63, 3.8) is 0 Å². The summed E-state index contributed by atoms with van der Waals surface area (Å²) >= 11 is 1.37. The summed E-state index contributed by atoms with van der Waals surface area (Å²) in [5.41, 5.74) is 2.39.